The van der Waals surface area contributed by atoms with E-state index in [1.165, 1.54) is 9.87 Å². The zero-order valence-corrected chi connectivity index (χ0v) is 21.1. The summed E-state index contributed by atoms with van der Waals surface area (Å²) in [6, 6.07) is 20.1. The van der Waals surface area contributed by atoms with E-state index < -0.39 is 10.0 Å². The average molecular weight is 497 g/mol. The number of sulfonamides is 1. The minimum atomic E-state index is -3.67. The smallest absolute Gasteiger partial charge is 0.248 e. The van der Waals surface area contributed by atoms with Crippen LogP contribution in [0.15, 0.2) is 70.1 Å². The standard InChI is InChI=1S/C26H32N4O4S/c1-21-26(22(2)34-27-21)35(32,33)30-17-15-28(16-18-30)20-25(31)29(19-24-11-7-4-8-12-24)14-13-23-9-5-3-6-10-23/h3-12H,13-20H2,1-2H3. The number of rotatable bonds is 9. The van der Waals surface area contributed by atoms with E-state index in [1.54, 1.807) is 13.8 Å². The molecule has 1 amide bonds. The van der Waals surface area contributed by atoms with Crippen molar-refractivity contribution in [3.05, 3.63) is 83.2 Å². The van der Waals surface area contributed by atoms with Gasteiger partial charge in [0.2, 0.25) is 15.9 Å². The van der Waals surface area contributed by atoms with Gasteiger partial charge in [-0.3, -0.25) is 9.69 Å². The van der Waals surface area contributed by atoms with Crippen molar-refractivity contribution in [3.8, 4) is 0 Å². The van der Waals surface area contributed by atoms with E-state index in [0.717, 1.165) is 12.0 Å². The number of carbonyl (C=O) groups excluding carboxylic acids is 1. The normalized spacial score (nSPS) is 15.3. The molecule has 1 fully saturated rings. The third-order valence-electron chi connectivity index (χ3n) is 6.34. The molecule has 3 aromatic rings. The van der Waals surface area contributed by atoms with E-state index >= 15 is 0 Å². The second kappa shape index (κ2) is 11.2. The number of aryl methyl sites for hydroxylation is 2. The lowest BCUT2D eigenvalue weighted by atomic mass is 10.1. The molecule has 2 aromatic carbocycles. The van der Waals surface area contributed by atoms with Gasteiger partial charge in [-0.25, -0.2) is 8.42 Å². The van der Waals surface area contributed by atoms with Gasteiger partial charge in [0, 0.05) is 39.3 Å². The maximum atomic E-state index is 13.3. The first-order valence-electron chi connectivity index (χ1n) is 11.9. The van der Waals surface area contributed by atoms with Gasteiger partial charge in [-0.1, -0.05) is 65.8 Å². The third-order valence-corrected chi connectivity index (χ3v) is 8.48. The fourth-order valence-corrected chi connectivity index (χ4v) is 6.11. The molecule has 2 heterocycles. The summed E-state index contributed by atoms with van der Waals surface area (Å²) in [5.74, 6) is 0.349. The number of piperazine rings is 1. The largest absolute Gasteiger partial charge is 0.360 e. The predicted octanol–water partition coefficient (Wildman–Crippen LogP) is 2.87. The van der Waals surface area contributed by atoms with Crippen molar-refractivity contribution in [2.75, 3.05) is 39.3 Å². The molecule has 0 bridgehead atoms. The minimum absolute atomic E-state index is 0.0480. The molecule has 0 unspecified atom stereocenters. The topological polar surface area (TPSA) is 87.0 Å². The molecule has 0 radical (unpaired) electrons. The van der Waals surface area contributed by atoms with Crippen molar-refractivity contribution in [1.82, 2.24) is 19.3 Å². The van der Waals surface area contributed by atoms with Gasteiger partial charge in [0.1, 0.15) is 10.6 Å². The highest BCUT2D eigenvalue weighted by molar-refractivity contribution is 7.89. The molecule has 8 nitrogen and oxygen atoms in total. The van der Waals surface area contributed by atoms with E-state index in [1.807, 2.05) is 58.3 Å². The van der Waals surface area contributed by atoms with Crippen molar-refractivity contribution in [2.24, 2.45) is 0 Å². The summed E-state index contributed by atoms with van der Waals surface area (Å²) in [4.78, 5) is 17.4. The summed E-state index contributed by atoms with van der Waals surface area (Å²) >= 11 is 0. The van der Waals surface area contributed by atoms with Crippen LogP contribution in [0, 0.1) is 13.8 Å². The summed E-state index contributed by atoms with van der Waals surface area (Å²) in [6.07, 6.45) is 0.781. The number of benzene rings is 2. The Morgan fingerprint density at radius 1 is 0.943 bits per heavy atom. The Kier molecular flexibility index (Phi) is 8.00. The number of hydrogen-bond acceptors (Lipinski definition) is 6. The van der Waals surface area contributed by atoms with Crippen LogP contribution in [-0.4, -0.2) is 72.9 Å². The number of hydrogen-bond donors (Lipinski definition) is 0. The van der Waals surface area contributed by atoms with Crippen LogP contribution in [0.5, 0.6) is 0 Å². The van der Waals surface area contributed by atoms with Crippen LogP contribution in [-0.2, 0) is 27.8 Å². The van der Waals surface area contributed by atoms with Gasteiger partial charge in [-0.05, 0) is 31.4 Å². The van der Waals surface area contributed by atoms with E-state index in [9.17, 15) is 13.2 Å². The molecule has 0 N–H and O–H groups in total. The Bertz CT molecular complexity index is 1200. The molecule has 0 atom stereocenters. The van der Waals surface area contributed by atoms with Gasteiger partial charge in [-0.15, -0.1) is 0 Å². The second-order valence-corrected chi connectivity index (χ2v) is 10.7. The van der Waals surface area contributed by atoms with Crippen LogP contribution < -0.4 is 0 Å². The van der Waals surface area contributed by atoms with Gasteiger partial charge < -0.3 is 9.42 Å². The Hall–Kier alpha value is -3.01. The molecule has 1 aliphatic heterocycles. The first-order valence-corrected chi connectivity index (χ1v) is 13.3. The van der Waals surface area contributed by atoms with Gasteiger partial charge in [0.25, 0.3) is 0 Å². The molecule has 35 heavy (non-hydrogen) atoms. The van der Waals surface area contributed by atoms with Crippen LogP contribution >= 0.6 is 0 Å². The maximum Gasteiger partial charge on any atom is 0.248 e. The van der Waals surface area contributed by atoms with E-state index in [2.05, 4.69) is 17.3 Å². The minimum Gasteiger partial charge on any atom is -0.360 e. The SMILES string of the molecule is Cc1noc(C)c1S(=O)(=O)N1CCN(CC(=O)N(CCc2ccccc2)Cc2ccccc2)CC1. The predicted molar refractivity (Wildman–Crippen MR) is 133 cm³/mol. The lowest BCUT2D eigenvalue weighted by Crippen LogP contribution is -2.51. The number of carbonyl (C=O) groups is 1. The molecule has 0 spiro atoms. The highest BCUT2D eigenvalue weighted by Crippen LogP contribution is 2.24. The summed E-state index contributed by atoms with van der Waals surface area (Å²) in [5.41, 5.74) is 2.65. The van der Waals surface area contributed by atoms with Gasteiger partial charge in [-0.2, -0.15) is 4.31 Å². The zero-order valence-electron chi connectivity index (χ0n) is 20.3. The summed E-state index contributed by atoms with van der Waals surface area (Å²) in [7, 11) is -3.67. The fourth-order valence-electron chi connectivity index (χ4n) is 4.40. The molecule has 1 aromatic heterocycles. The lowest BCUT2D eigenvalue weighted by molar-refractivity contribution is -0.133. The quantitative estimate of drug-likeness (QED) is 0.453. The molecule has 1 saturated heterocycles. The Morgan fingerprint density at radius 2 is 1.54 bits per heavy atom. The maximum absolute atomic E-state index is 13.3. The average Bonchev–Trinajstić information content (AvgIpc) is 3.21. The highest BCUT2D eigenvalue weighted by atomic mass is 32.2. The van der Waals surface area contributed by atoms with Crippen LogP contribution in [0.3, 0.4) is 0 Å². The number of nitrogens with zero attached hydrogens (tertiary/aromatic N) is 4. The van der Waals surface area contributed by atoms with Crippen LogP contribution in [0.25, 0.3) is 0 Å². The van der Waals surface area contributed by atoms with Crippen molar-refractivity contribution in [1.29, 1.82) is 0 Å². The Morgan fingerprint density at radius 3 is 2.11 bits per heavy atom. The zero-order chi connectivity index (χ0) is 24.8. The van der Waals surface area contributed by atoms with Crippen molar-refractivity contribution >= 4 is 15.9 Å². The van der Waals surface area contributed by atoms with E-state index in [4.69, 9.17) is 4.52 Å². The van der Waals surface area contributed by atoms with Gasteiger partial charge in [0.05, 0.1) is 6.54 Å². The second-order valence-electron chi connectivity index (χ2n) is 8.87. The first-order chi connectivity index (χ1) is 16.8. The fraction of sp³-hybridized carbons (Fsp3) is 0.385. The summed E-state index contributed by atoms with van der Waals surface area (Å²) in [5, 5.41) is 3.78. The third kappa shape index (κ3) is 6.17. The first kappa shape index (κ1) is 25.1. The molecule has 0 aliphatic carbocycles. The lowest BCUT2D eigenvalue weighted by Gasteiger charge is -2.34. The van der Waals surface area contributed by atoms with Crippen molar-refractivity contribution in [3.63, 3.8) is 0 Å². The highest BCUT2D eigenvalue weighted by Gasteiger charge is 2.33. The molecule has 186 valence electrons. The molecule has 4 rings (SSSR count). The van der Waals surface area contributed by atoms with Crippen molar-refractivity contribution in [2.45, 2.75) is 31.7 Å². The Labute approximate surface area is 207 Å². The monoisotopic (exact) mass is 496 g/mol. The summed E-state index contributed by atoms with van der Waals surface area (Å²) < 4.78 is 32.7. The van der Waals surface area contributed by atoms with E-state index in [0.29, 0.717) is 50.7 Å². The van der Waals surface area contributed by atoms with Crippen LogP contribution in [0.1, 0.15) is 22.6 Å². The molecular formula is C26H32N4O4S. The van der Waals surface area contributed by atoms with Gasteiger partial charge >= 0.3 is 0 Å². The van der Waals surface area contributed by atoms with Crippen molar-refractivity contribution < 1.29 is 17.7 Å². The number of aromatic nitrogens is 1. The number of amides is 1. The van der Waals surface area contributed by atoms with E-state index in [-0.39, 0.29) is 17.3 Å². The summed E-state index contributed by atoms with van der Waals surface area (Å²) in [6.45, 7) is 6.31. The van der Waals surface area contributed by atoms with Gasteiger partial charge in [0.15, 0.2) is 5.76 Å². The van der Waals surface area contributed by atoms with Crippen LogP contribution in [0.2, 0.25) is 0 Å². The Balaban J connectivity index is 1.38. The molecule has 1 aliphatic rings. The molecule has 9 heteroatoms. The van der Waals surface area contributed by atoms with Crippen LogP contribution in [0.4, 0.5) is 0 Å². The molecular weight excluding hydrogens is 464 g/mol. The molecule has 0 saturated carbocycles.